The van der Waals surface area contributed by atoms with Gasteiger partial charge in [-0.15, -0.1) is 0 Å². The number of rotatable bonds is 3. The van der Waals surface area contributed by atoms with Crippen molar-refractivity contribution >= 4 is 17.7 Å². The van der Waals surface area contributed by atoms with Gasteiger partial charge in [0.15, 0.2) is 0 Å². The Morgan fingerprint density at radius 2 is 1.57 bits per heavy atom. The molecule has 0 spiro atoms. The Morgan fingerprint density at radius 3 is 2.27 bits per heavy atom. The molecule has 158 valence electrons. The van der Waals surface area contributed by atoms with Crippen LogP contribution in [0.2, 0.25) is 0 Å². The lowest BCUT2D eigenvalue weighted by atomic mass is 9.86. The summed E-state index contributed by atoms with van der Waals surface area (Å²) in [4.78, 5) is 18.9. The van der Waals surface area contributed by atoms with Gasteiger partial charge >= 0.3 is 0 Å². The molecule has 4 nitrogen and oxygen atoms in total. The number of piperidine rings is 1. The molecule has 2 aromatic rings. The molecule has 0 radical (unpaired) electrons. The fourth-order valence-electron chi connectivity index (χ4n) is 5.05. The quantitative estimate of drug-likeness (QED) is 0.715. The summed E-state index contributed by atoms with van der Waals surface area (Å²) in [5.41, 5.74) is 1.99. The average Bonchev–Trinajstić information content (AvgIpc) is 3.03. The number of carbonyl (C=O) groups is 1. The van der Waals surface area contributed by atoms with Crippen molar-refractivity contribution < 1.29 is 9.53 Å². The van der Waals surface area contributed by atoms with Crippen LogP contribution in [0.15, 0.2) is 48.5 Å². The molecule has 1 unspecified atom stereocenters. The van der Waals surface area contributed by atoms with Crippen molar-refractivity contribution in [2.24, 2.45) is 0 Å². The molecule has 2 fully saturated rings. The van der Waals surface area contributed by atoms with Gasteiger partial charge < -0.3 is 14.5 Å². The first-order valence-corrected chi connectivity index (χ1v) is 12.4. The minimum Gasteiger partial charge on any atom is -0.457 e. The zero-order valence-electron chi connectivity index (χ0n) is 17.5. The Labute approximate surface area is 183 Å². The first-order chi connectivity index (χ1) is 14.8. The summed E-state index contributed by atoms with van der Waals surface area (Å²) in [6.45, 7) is 4.20. The Bertz CT molecular complexity index is 851. The fraction of sp³-hybridized carbons (Fsp3) is 0.480. The zero-order valence-corrected chi connectivity index (χ0v) is 18.3. The van der Waals surface area contributed by atoms with E-state index in [-0.39, 0.29) is 17.9 Å². The molecule has 30 heavy (non-hydrogen) atoms. The highest BCUT2D eigenvalue weighted by Crippen LogP contribution is 2.45. The maximum atomic E-state index is 14.1. The smallest absolute Gasteiger partial charge is 0.235 e. The van der Waals surface area contributed by atoms with Gasteiger partial charge in [0, 0.05) is 30.0 Å². The predicted molar refractivity (Wildman–Crippen MR) is 123 cm³/mol. The van der Waals surface area contributed by atoms with Gasteiger partial charge in [0.25, 0.3) is 0 Å². The van der Waals surface area contributed by atoms with Crippen LogP contribution in [0.5, 0.6) is 11.5 Å². The molecule has 0 bridgehead atoms. The normalized spacial score (nSPS) is 22.5. The maximum Gasteiger partial charge on any atom is 0.235 e. The maximum absolute atomic E-state index is 14.1. The van der Waals surface area contributed by atoms with Crippen molar-refractivity contribution in [3.05, 3.63) is 59.7 Å². The average molecular weight is 423 g/mol. The summed E-state index contributed by atoms with van der Waals surface area (Å²) >= 11 is 2.01. The van der Waals surface area contributed by atoms with Crippen molar-refractivity contribution in [1.82, 2.24) is 9.80 Å². The van der Waals surface area contributed by atoms with Crippen LogP contribution in [-0.4, -0.2) is 59.4 Å². The number of benzene rings is 2. The van der Waals surface area contributed by atoms with Crippen molar-refractivity contribution in [3.8, 4) is 11.5 Å². The van der Waals surface area contributed by atoms with E-state index in [9.17, 15) is 4.79 Å². The van der Waals surface area contributed by atoms with E-state index in [2.05, 4.69) is 21.9 Å². The lowest BCUT2D eigenvalue weighted by Crippen LogP contribution is -2.50. The number of thioether (sulfide) groups is 1. The second-order valence-electron chi connectivity index (χ2n) is 8.59. The van der Waals surface area contributed by atoms with E-state index in [4.69, 9.17) is 4.74 Å². The van der Waals surface area contributed by atoms with E-state index in [1.807, 2.05) is 48.2 Å². The Kier molecular flexibility index (Phi) is 6.00. The largest absolute Gasteiger partial charge is 0.457 e. The van der Waals surface area contributed by atoms with Crippen LogP contribution < -0.4 is 4.74 Å². The number of nitrogens with zero attached hydrogens (tertiary/aromatic N) is 2. The number of amides is 1. The van der Waals surface area contributed by atoms with Gasteiger partial charge in [0.05, 0.1) is 12.0 Å². The van der Waals surface area contributed by atoms with Gasteiger partial charge in [-0.25, -0.2) is 0 Å². The third kappa shape index (κ3) is 3.97. The summed E-state index contributed by atoms with van der Waals surface area (Å²) in [7, 11) is 0. The van der Waals surface area contributed by atoms with Crippen molar-refractivity contribution in [2.75, 3.05) is 37.7 Å². The molecule has 0 N–H and O–H groups in total. The molecule has 0 aliphatic carbocycles. The molecule has 0 saturated carbocycles. The number of para-hydroxylation sites is 2. The second kappa shape index (κ2) is 9.03. The Hall–Kier alpha value is -1.98. The van der Waals surface area contributed by atoms with Crippen molar-refractivity contribution in [1.29, 1.82) is 0 Å². The molecule has 5 rings (SSSR count). The minimum absolute atomic E-state index is 0.239. The van der Waals surface area contributed by atoms with Gasteiger partial charge in [0.1, 0.15) is 11.5 Å². The number of hydrogen-bond donors (Lipinski definition) is 0. The van der Waals surface area contributed by atoms with Crippen LogP contribution in [0, 0.1) is 0 Å². The number of carbonyl (C=O) groups excluding carboxylic acids is 1. The molecule has 3 heterocycles. The Morgan fingerprint density at radius 1 is 0.900 bits per heavy atom. The summed E-state index contributed by atoms with van der Waals surface area (Å²) in [5.74, 6) is 3.76. The summed E-state index contributed by atoms with van der Waals surface area (Å²) in [6, 6.07) is 16.3. The molecule has 1 amide bonds. The van der Waals surface area contributed by atoms with E-state index in [1.165, 1.54) is 32.4 Å². The van der Waals surface area contributed by atoms with Crippen LogP contribution in [-0.2, 0) is 4.79 Å². The number of fused-ring (bicyclic) bond motifs is 2. The summed E-state index contributed by atoms with van der Waals surface area (Å²) < 4.78 is 6.14. The highest BCUT2D eigenvalue weighted by molar-refractivity contribution is 7.99. The fourth-order valence-corrected chi connectivity index (χ4v) is 6.11. The van der Waals surface area contributed by atoms with Crippen LogP contribution in [0.1, 0.15) is 42.7 Å². The molecular weight excluding hydrogens is 392 g/mol. The predicted octanol–water partition coefficient (Wildman–Crippen LogP) is 4.74. The van der Waals surface area contributed by atoms with Crippen LogP contribution in [0.25, 0.3) is 0 Å². The third-order valence-corrected chi connectivity index (χ3v) is 7.76. The molecule has 5 heteroatoms. The van der Waals surface area contributed by atoms with Crippen LogP contribution in [0.3, 0.4) is 0 Å². The van der Waals surface area contributed by atoms with Gasteiger partial charge in [-0.05, 0) is 50.2 Å². The van der Waals surface area contributed by atoms with Gasteiger partial charge in [0.2, 0.25) is 5.91 Å². The third-order valence-electron chi connectivity index (χ3n) is 6.57. The molecule has 2 aromatic carbocycles. The van der Waals surface area contributed by atoms with Crippen LogP contribution in [0.4, 0.5) is 0 Å². The molecular formula is C25H30N2O2S. The molecule has 0 aromatic heterocycles. The van der Waals surface area contributed by atoms with Gasteiger partial charge in [-0.3, -0.25) is 4.79 Å². The number of hydrogen-bond acceptors (Lipinski definition) is 4. The van der Waals surface area contributed by atoms with Crippen molar-refractivity contribution in [2.45, 2.75) is 37.6 Å². The zero-order chi connectivity index (χ0) is 20.3. The monoisotopic (exact) mass is 422 g/mol. The molecule has 3 aliphatic heterocycles. The number of likely N-dealkylation sites (tertiary alicyclic amines) is 1. The molecule has 2 saturated heterocycles. The minimum atomic E-state index is -0.280. The Balaban J connectivity index is 1.47. The summed E-state index contributed by atoms with van der Waals surface area (Å²) in [5, 5.41) is 0. The topological polar surface area (TPSA) is 32.8 Å². The highest BCUT2D eigenvalue weighted by atomic mass is 32.2. The highest BCUT2D eigenvalue weighted by Gasteiger charge is 2.38. The SMILES string of the molecule is O=C(C1c2ccccc2Oc2ccccc21)N1CCCSCC1CN1CCCCC1. The first kappa shape index (κ1) is 20.0. The van der Waals surface area contributed by atoms with E-state index >= 15 is 0 Å². The van der Waals surface area contributed by atoms with Gasteiger partial charge in [-0.2, -0.15) is 11.8 Å². The van der Waals surface area contributed by atoms with E-state index in [0.717, 1.165) is 53.6 Å². The lowest BCUT2D eigenvalue weighted by Gasteiger charge is -2.38. The standard InChI is InChI=1S/C25H30N2O2S/c28-25(27-15-8-16-30-18-19(27)17-26-13-6-1-7-14-26)24-20-9-2-4-11-22(20)29-23-12-5-3-10-21(23)24/h2-5,9-12,19,24H,1,6-8,13-18H2. The van der Waals surface area contributed by atoms with Gasteiger partial charge in [-0.1, -0.05) is 42.8 Å². The van der Waals surface area contributed by atoms with Crippen LogP contribution >= 0.6 is 11.8 Å². The van der Waals surface area contributed by atoms with E-state index in [1.54, 1.807) is 0 Å². The summed E-state index contributed by atoms with van der Waals surface area (Å²) in [6.07, 6.45) is 4.98. The molecule has 3 aliphatic rings. The van der Waals surface area contributed by atoms with Crippen molar-refractivity contribution in [3.63, 3.8) is 0 Å². The second-order valence-corrected chi connectivity index (χ2v) is 9.74. The number of ether oxygens (including phenoxy) is 1. The lowest BCUT2D eigenvalue weighted by molar-refractivity contribution is -0.134. The molecule has 1 atom stereocenters. The van der Waals surface area contributed by atoms with E-state index < -0.39 is 0 Å². The van der Waals surface area contributed by atoms with E-state index in [0.29, 0.717) is 0 Å². The first-order valence-electron chi connectivity index (χ1n) is 11.3.